The predicted octanol–water partition coefficient (Wildman–Crippen LogP) is 3.70. The van der Waals surface area contributed by atoms with Gasteiger partial charge in [-0.15, -0.1) is 0 Å². The number of unbranched alkanes of at least 4 members (excludes halogenated alkanes) is 1. The lowest BCUT2D eigenvalue weighted by Gasteiger charge is -2.26. The number of rotatable bonds is 4. The highest BCUT2D eigenvalue weighted by molar-refractivity contribution is 5.34. The van der Waals surface area contributed by atoms with E-state index in [1.54, 1.807) is 0 Å². The van der Waals surface area contributed by atoms with Gasteiger partial charge in [-0.05, 0) is 38.3 Å². The van der Waals surface area contributed by atoms with Crippen LogP contribution in [0.1, 0.15) is 49.8 Å². The lowest BCUT2D eigenvalue weighted by atomic mass is 9.87. The van der Waals surface area contributed by atoms with Crippen LogP contribution < -0.4 is 0 Å². The van der Waals surface area contributed by atoms with E-state index in [1.165, 1.54) is 11.1 Å². The first-order chi connectivity index (χ1) is 6.97. The summed E-state index contributed by atoms with van der Waals surface area (Å²) in [4.78, 5) is 0. The quantitative estimate of drug-likeness (QED) is 0.796. The summed E-state index contributed by atoms with van der Waals surface area (Å²) in [6.07, 6.45) is 3.04. The van der Waals surface area contributed by atoms with E-state index in [9.17, 15) is 5.11 Å². The average molecular weight is 206 g/mol. The average Bonchev–Trinajstić information content (AvgIpc) is 2.18. The Kier molecular flexibility index (Phi) is 3.92. The maximum absolute atomic E-state index is 10.4. The molecule has 0 aliphatic rings. The van der Waals surface area contributed by atoms with Crippen LogP contribution in [0.5, 0.6) is 0 Å². The van der Waals surface area contributed by atoms with Gasteiger partial charge in [0, 0.05) is 0 Å². The van der Waals surface area contributed by atoms with Crippen molar-refractivity contribution >= 4 is 0 Å². The summed E-state index contributed by atoms with van der Waals surface area (Å²) in [7, 11) is 0. The van der Waals surface area contributed by atoms with E-state index < -0.39 is 5.60 Å². The van der Waals surface area contributed by atoms with Crippen LogP contribution in [0.25, 0.3) is 0 Å². The van der Waals surface area contributed by atoms with Gasteiger partial charge in [0.1, 0.15) is 0 Å². The number of aryl methyl sites for hydroxylation is 2. The molecular formula is C14H22O. The lowest BCUT2D eigenvalue weighted by Crippen LogP contribution is -2.22. The SMILES string of the molecule is CCCCC(C)(O)c1cc(C)ccc1C. The first kappa shape index (κ1) is 12.3. The molecule has 1 nitrogen and oxygen atoms in total. The molecule has 1 unspecified atom stereocenters. The molecular weight excluding hydrogens is 184 g/mol. The molecule has 0 heterocycles. The molecule has 0 amide bonds. The molecule has 1 aromatic rings. The Bertz CT molecular complexity index is 326. The molecule has 84 valence electrons. The monoisotopic (exact) mass is 206 g/mol. The van der Waals surface area contributed by atoms with Gasteiger partial charge in [-0.2, -0.15) is 0 Å². The second-order valence-electron chi connectivity index (χ2n) is 4.70. The lowest BCUT2D eigenvalue weighted by molar-refractivity contribution is 0.0447. The van der Waals surface area contributed by atoms with E-state index in [0.717, 1.165) is 24.8 Å². The molecule has 0 spiro atoms. The summed E-state index contributed by atoms with van der Waals surface area (Å²) in [5.74, 6) is 0. The van der Waals surface area contributed by atoms with Crippen LogP contribution in [0.15, 0.2) is 18.2 Å². The molecule has 0 radical (unpaired) electrons. The highest BCUT2D eigenvalue weighted by atomic mass is 16.3. The van der Waals surface area contributed by atoms with Crippen LogP contribution in [-0.2, 0) is 5.60 Å². The molecule has 1 N–H and O–H groups in total. The molecule has 1 atom stereocenters. The fourth-order valence-electron chi connectivity index (χ4n) is 1.97. The minimum Gasteiger partial charge on any atom is -0.385 e. The fourth-order valence-corrected chi connectivity index (χ4v) is 1.97. The van der Waals surface area contributed by atoms with Crippen LogP contribution in [0, 0.1) is 13.8 Å². The molecule has 15 heavy (non-hydrogen) atoms. The number of benzene rings is 1. The van der Waals surface area contributed by atoms with Gasteiger partial charge in [-0.3, -0.25) is 0 Å². The van der Waals surface area contributed by atoms with E-state index in [1.807, 2.05) is 6.92 Å². The molecule has 0 aromatic heterocycles. The van der Waals surface area contributed by atoms with E-state index in [2.05, 4.69) is 39.0 Å². The minimum atomic E-state index is -0.674. The zero-order valence-corrected chi connectivity index (χ0v) is 10.3. The highest BCUT2D eigenvalue weighted by Crippen LogP contribution is 2.29. The van der Waals surface area contributed by atoms with Gasteiger partial charge < -0.3 is 5.11 Å². The Morgan fingerprint density at radius 2 is 1.93 bits per heavy atom. The molecule has 1 rings (SSSR count). The van der Waals surface area contributed by atoms with Crippen molar-refractivity contribution in [2.75, 3.05) is 0 Å². The smallest absolute Gasteiger partial charge is 0.0871 e. The van der Waals surface area contributed by atoms with Crippen LogP contribution in [-0.4, -0.2) is 5.11 Å². The first-order valence-electron chi connectivity index (χ1n) is 5.77. The summed E-state index contributed by atoms with van der Waals surface area (Å²) >= 11 is 0. The maximum Gasteiger partial charge on any atom is 0.0871 e. The molecule has 0 aliphatic carbocycles. The summed E-state index contributed by atoms with van der Waals surface area (Å²) < 4.78 is 0. The topological polar surface area (TPSA) is 20.2 Å². The summed E-state index contributed by atoms with van der Waals surface area (Å²) in [6, 6.07) is 6.28. The van der Waals surface area contributed by atoms with Crippen molar-refractivity contribution in [1.29, 1.82) is 0 Å². The third-order valence-corrected chi connectivity index (χ3v) is 2.99. The Morgan fingerprint density at radius 1 is 1.27 bits per heavy atom. The van der Waals surface area contributed by atoms with E-state index in [-0.39, 0.29) is 0 Å². The maximum atomic E-state index is 10.4. The van der Waals surface area contributed by atoms with Gasteiger partial charge in [0.05, 0.1) is 5.60 Å². The van der Waals surface area contributed by atoms with Crippen molar-refractivity contribution < 1.29 is 5.11 Å². The Hall–Kier alpha value is -0.820. The Balaban J connectivity index is 2.97. The molecule has 1 heteroatoms. The van der Waals surface area contributed by atoms with Crippen molar-refractivity contribution in [3.8, 4) is 0 Å². The normalized spacial score (nSPS) is 15.0. The van der Waals surface area contributed by atoms with Gasteiger partial charge >= 0.3 is 0 Å². The van der Waals surface area contributed by atoms with E-state index in [4.69, 9.17) is 0 Å². The van der Waals surface area contributed by atoms with E-state index in [0.29, 0.717) is 0 Å². The Morgan fingerprint density at radius 3 is 2.53 bits per heavy atom. The second kappa shape index (κ2) is 4.80. The molecule has 0 bridgehead atoms. The third kappa shape index (κ3) is 3.07. The molecule has 0 saturated heterocycles. The predicted molar refractivity (Wildman–Crippen MR) is 65.0 cm³/mol. The van der Waals surface area contributed by atoms with Crippen molar-refractivity contribution in [3.63, 3.8) is 0 Å². The summed E-state index contributed by atoms with van der Waals surface area (Å²) in [6.45, 7) is 8.21. The van der Waals surface area contributed by atoms with Crippen LogP contribution >= 0.6 is 0 Å². The van der Waals surface area contributed by atoms with Crippen molar-refractivity contribution in [2.45, 2.75) is 52.6 Å². The minimum absolute atomic E-state index is 0.674. The molecule has 0 saturated carbocycles. The van der Waals surface area contributed by atoms with Crippen molar-refractivity contribution in [3.05, 3.63) is 34.9 Å². The number of hydrogen-bond acceptors (Lipinski definition) is 1. The highest BCUT2D eigenvalue weighted by Gasteiger charge is 2.23. The van der Waals surface area contributed by atoms with Gasteiger partial charge in [0.15, 0.2) is 0 Å². The van der Waals surface area contributed by atoms with E-state index >= 15 is 0 Å². The fraction of sp³-hybridized carbons (Fsp3) is 0.571. The summed E-state index contributed by atoms with van der Waals surface area (Å²) in [5, 5.41) is 10.4. The van der Waals surface area contributed by atoms with Gasteiger partial charge in [-0.1, -0.05) is 43.5 Å². The van der Waals surface area contributed by atoms with Crippen LogP contribution in [0.2, 0.25) is 0 Å². The zero-order chi connectivity index (χ0) is 11.5. The molecule has 1 aromatic carbocycles. The largest absolute Gasteiger partial charge is 0.385 e. The van der Waals surface area contributed by atoms with Gasteiger partial charge in [0.2, 0.25) is 0 Å². The number of hydrogen-bond donors (Lipinski definition) is 1. The van der Waals surface area contributed by atoms with Gasteiger partial charge in [0.25, 0.3) is 0 Å². The van der Waals surface area contributed by atoms with Gasteiger partial charge in [-0.25, -0.2) is 0 Å². The zero-order valence-electron chi connectivity index (χ0n) is 10.3. The van der Waals surface area contributed by atoms with Crippen LogP contribution in [0.4, 0.5) is 0 Å². The molecule has 0 aliphatic heterocycles. The summed E-state index contributed by atoms with van der Waals surface area (Å²) in [5.41, 5.74) is 2.80. The number of aliphatic hydroxyl groups is 1. The molecule has 0 fully saturated rings. The second-order valence-corrected chi connectivity index (χ2v) is 4.70. The van der Waals surface area contributed by atoms with Crippen molar-refractivity contribution in [2.24, 2.45) is 0 Å². The first-order valence-corrected chi connectivity index (χ1v) is 5.77. The third-order valence-electron chi connectivity index (χ3n) is 2.99. The Labute approximate surface area is 93.1 Å². The van der Waals surface area contributed by atoms with Crippen molar-refractivity contribution in [1.82, 2.24) is 0 Å². The standard InChI is InChI=1S/C14H22O/c1-5-6-9-14(4,15)13-10-11(2)7-8-12(13)3/h7-8,10,15H,5-6,9H2,1-4H3. The van der Waals surface area contributed by atoms with Crippen LogP contribution in [0.3, 0.4) is 0 Å².